The Labute approximate surface area is 99.3 Å². The molecule has 1 aromatic heterocycles. The molecule has 0 aliphatic carbocycles. The van der Waals surface area contributed by atoms with E-state index < -0.39 is 0 Å². The second-order valence-corrected chi connectivity index (χ2v) is 3.51. The van der Waals surface area contributed by atoms with Crippen molar-refractivity contribution in [3.8, 4) is 5.69 Å². The lowest BCUT2D eigenvalue weighted by molar-refractivity contribution is 0.847. The number of rotatable bonds is 1. The van der Waals surface area contributed by atoms with E-state index in [-0.39, 0.29) is 12.4 Å². The van der Waals surface area contributed by atoms with Crippen LogP contribution in [0.15, 0.2) is 30.5 Å². The Morgan fingerprint density at radius 2 is 1.87 bits per heavy atom. The van der Waals surface area contributed by atoms with Crippen molar-refractivity contribution >= 4 is 29.7 Å². The van der Waals surface area contributed by atoms with Crippen LogP contribution in [0.5, 0.6) is 0 Å². The normalized spacial score (nSPS) is 9.73. The van der Waals surface area contributed by atoms with Crippen LogP contribution in [-0.2, 0) is 0 Å². The first-order valence-corrected chi connectivity index (χ1v) is 4.62. The van der Waals surface area contributed by atoms with Crippen LogP contribution in [-0.4, -0.2) is 9.78 Å². The zero-order valence-electron chi connectivity index (χ0n) is 8.14. The fourth-order valence-corrected chi connectivity index (χ4v) is 1.39. The molecule has 2 N–H and O–H groups in total. The molecule has 0 saturated carbocycles. The first-order valence-electron chi connectivity index (χ1n) is 4.24. The highest BCUT2D eigenvalue weighted by Gasteiger charge is 2.04. The second-order valence-electron chi connectivity index (χ2n) is 3.07. The molecule has 0 bridgehead atoms. The van der Waals surface area contributed by atoms with E-state index in [4.69, 9.17) is 17.3 Å². The maximum Gasteiger partial charge on any atom is 0.0734 e. The summed E-state index contributed by atoms with van der Waals surface area (Å²) in [5.41, 5.74) is 8.29. The molecule has 0 amide bonds. The molecule has 0 saturated heterocycles. The van der Waals surface area contributed by atoms with Crippen molar-refractivity contribution in [3.63, 3.8) is 0 Å². The zero-order valence-corrected chi connectivity index (χ0v) is 9.72. The number of hydrogen-bond donors (Lipinski definition) is 1. The van der Waals surface area contributed by atoms with E-state index in [9.17, 15) is 0 Å². The van der Waals surface area contributed by atoms with Crippen molar-refractivity contribution in [1.82, 2.24) is 9.78 Å². The molecule has 0 unspecified atom stereocenters. The van der Waals surface area contributed by atoms with Gasteiger partial charge in [-0.25, -0.2) is 4.68 Å². The largest absolute Gasteiger partial charge is 0.396 e. The fraction of sp³-hybridized carbons (Fsp3) is 0.100. The summed E-state index contributed by atoms with van der Waals surface area (Å²) >= 11 is 5.79. The van der Waals surface area contributed by atoms with Crippen LogP contribution in [0.1, 0.15) is 5.69 Å². The third kappa shape index (κ3) is 2.25. The Morgan fingerprint density at radius 1 is 1.27 bits per heavy atom. The van der Waals surface area contributed by atoms with Crippen molar-refractivity contribution in [2.24, 2.45) is 0 Å². The molecule has 1 heterocycles. The number of benzene rings is 1. The molecule has 0 radical (unpaired) electrons. The van der Waals surface area contributed by atoms with Gasteiger partial charge in [0.05, 0.1) is 23.3 Å². The second kappa shape index (κ2) is 4.55. The van der Waals surface area contributed by atoms with Gasteiger partial charge in [-0.2, -0.15) is 5.10 Å². The van der Waals surface area contributed by atoms with Crippen LogP contribution < -0.4 is 5.73 Å². The van der Waals surface area contributed by atoms with Crippen molar-refractivity contribution in [2.45, 2.75) is 6.92 Å². The van der Waals surface area contributed by atoms with Gasteiger partial charge >= 0.3 is 0 Å². The SMILES string of the molecule is Cc1c(N)cnn1-c1ccc(Cl)cc1.Cl. The summed E-state index contributed by atoms with van der Waals surface area (Å²) in [6.45, 7) is 1.93. The average Bonchev–Trinajstić information content (AvgIpc) is 2.50. The number of anilines is 1. The minimum absolute atomic E-state index is 0. The van der Waals surface area contributed by atoms with Gasteiger partial charge in [0, 0.05) is 5.02 Å². The molecule has 5 heteroatoms. The Kier molecular flexibility index (Phi) is 3.61. The lowest BCUT2D eigenvalue weighted by atomic mass is 10.3. The van der Waals surface area contributed by atoms with Gasteiger partial charge in [0.2, 0.25) is 0 Å². The van der Waals surface area contributed by atoms with Gasteiger partial charge in [-0.05, 0) is 31.2 Å². The molecule has 0 atom stereocenters. The van der Waals surface area contributed by atoms with Crippen LogP contribution in [0, 0.1) is 6.92 Å². The number of aromatic nitrogens is 2. The summed E-state index contributed by atoms with van der Waals surface area (Å²) in [7, 11) is 0. The molecule has 15 heavy (non-hydrogen) atoms. The predicted molar refractivity (Wildman–Crippen MR) is 65.0 cm³/mol. The molecule has 0 spiro atoms. The van der Waals surface area contributed by atoms with E-state index in [1.54, 1.807) is 10.9 Å². The van der Waals surface area contributed by atoms with E-state index in [1.807, 2.05) is 31.2 Å². The maximum atomic E-state index is 5.79. The summed E-state index contributed by atoms with van der Waals surface area (Å²) in [4.78, 5) is 0. The fourth-order valence-electron chi connectivity index (χ4n) is 1.26. The van der Waals surface area contributed by atoms with Crippen molar-refractivity contribution in [2.75, 3.05) is 5.73 Å². The first kappa shape index (κ1) is 11.9. The van der Waals surface area contributed by atoms with Crippen molar-refractivity contribution in [3.05, 3.63) is 41.2 Å². The lowest BCUT2D eigenvalue weighted by Gasteiger charge is -2.03. The molecule has 80 valence electrons. The molecule has 0 fully saturated rings. The molecule has 1 aromatic carbocycles. The molecular formula is C10H11Cl2N3. The van der Waals surface area contributed by atoms with E-state index >= 15 is 0 Å². The van der Waals surface area contributed by atoms with Crippen LogP contribution in [0.3, 0.4) is 0 Å². The Hall–Kier alpha value is -1.19. The Balaban J connectivity index is 0.00000112. The number of nitrogens with two attached hydrogens (primary N) is 1. The highest BCUT2D eigenvalue weighted by Crippen LogP contribution is 2.17. The van der Waals surface area contributed by atoms with Gasteiger partial charge in [-0.3, -0.25) is 0 Å². The van der Waals surface area contributed by atoms with Crippen LogP contribution >= 0.6 is 24.0 Å². The standard InChI is InChI=1S/C10H10ClN3.ClH/c1-7-10(12)6-13-14(7)9-4-2-8(11)3-5-9;/h2-6H,12H2,1H3;1H. The number of halogens is 2. The highest BCUT2D eigenvalue weighted by molar-refractivity contribution is 6.30. The minimum Gasteiger partial charge on any atom is -0.396 e. The van der Waals surface area contributed by atoms with Gasteiger partial charge < -0.3 is 5.73 Å². The van der Waals surface area contributed by atoms with Crippen molar-refractivity contribution < 1.29 is 0 Å². The quantitative estimate of drug-likeness (QED) is 0.838. The van der Waals surface area contributed by atoms with Gasteiger partial charge in [-0.1, -0.05) is 11.6 Å². The molecule has 3 nitrogen and oxygen atoms in total. The van der Waals surface area contributed by atoms with E-state index in [0.29, 0.717) is 10.7 Å². The van der Waals surface area contributed by atoms with Crippen LogP contribution in [0.4, 0.5) is 5.69 Å². The van der Waals surface area contributed by atoms with Gasteiger partial charge in [-0.15, -0.1) is 12.4 Å². The van der Waals surface area contributed by atoms with E-state index in [0.717, 1.165) is 11.4 Å². The van der Waals surface area contributed by atoms with Gasteiger partial charge in [0.1, 0.15) is 0 Å². The lowest BCUT2D eigenvalue weighted by Crippen LogP contribution is -1.98. The number of hydrogen-bond acceptors (Lipinski definition) is 2. The first-order chi connectivity index (χ1) is 6.68. The predicted octanol–water partition coefficient (Wildman–Crippen LogP) is 2.84. The molecule has 2 aromatic rings. The molecule has 0 aliphatic rings. The smallest absolute Gasteiger partial charge is 0.0734 e. The minimum atomic E-state index is 0. The summed E-state index contributed by atoms with van der Waals surface area (Å²) in [6.07, 6.45) is 1.64. The summed E-state index contributed by atoms with van der Waals surface area (Å²) in [5, 5.41) is 4.88. The summed E-state index contributed by atoms with van der Waals surface area (Å²) < 4.78 is 1.78. The van der Waals surface area contributed by atoms with Gasteiger partial charge in [0.15, 0.2) is 0 Å². The van der Waals surface area contributed by atoms with E-state index in [1.165, 1.54) is 0 Å². The highest BCUT2D eigenvalue weighted by atomic mass is 35.5. The average molecular weight is 244 g/mol. The van der Waals surface area contributed by atoms with Crippen molar-refractivity contribution in [1.29, 1.82) is 0 Å². The molecule has 2 rings (SSSR count). The monoisotopic (exact) mass is 243 g/mol. The zero-order chi connectivity index (χ0) is 10.1. The van der Waals surface area contributed by atoms with E-state index in [2.05, 4.69) is 5.10 Å². The number of nitrogens with zero attached hydrogens (tertiary/aromatic N) is 2. The Bertz CT molecular complexity index is 448. The molecular weight excluding hydrogens is 233 g/mol. The van der Waals surface area contributed by atoms with Crippen LogP contribution in [0.25, 0.3) is 5.69 Å². The molecule has 0 aliphatic heterocycles. The number of nitrogen functional groups attached to an aromatic ring is 1. The topological polar surface area (TPSA) is 43.8 Å². The summed E-state index contributed by atoms with van der Waals surface area (Å²) in [6, 6.07) is 7.46. The third-order valence-corrected chi connectivity index (χ3v) is 2.37. The van der Waals surface area contributed by atoms with Gasteiger partial charge in [0.25, 0.3) is 0 Å². The van der Waals surface area contributed by atoms with Crippen LogP contribution in [0.2, 0.25) is 5.02 Å². The summed E-state index contributed by atoms with van der Waals surface area (Å²) in [5.74, 6) is 0. The maximum absolute atomic E-state index is 5.79. The third-order valence-electron chi connectivity index (χ3n) is 2.12. The Morgan fingerprint density at radius 3 is 2.33 bits per heavy atom.